The van der Waals surface area contributed by atoms with Crippen molar-refractivity contribution in [1.82, 2.24) is 0 Å². The summed E-state index contributed by atoms with van der Waals surface area (Å²) in [5, 5.41) is 15.1. The molecule has 7 atom stereocenters. The van der Waals surface area contributed by atoms with Crippen LogP contribution in [0.3, 0.4) is 0 Å². The predicted octanol–water partition coefficient (Wildman–Crippen LogP) is 8.38. The summed E-state index contributed by atoms with van der Waals surface area (Å²) in [5.74, 6) is 4.77. The Hall–Kier alpha value is -2.27. The molecule has 5 aliphatic rings. The summed E-state index contributed by atoms with van der Waals surface area (Å²) >= 11 is 0. The first-order valence-corrected chi connectivity index (χ1v) is 16.5. The van der Waals surface area contributed by atoms with E-state index in [4.69, 9.17) is 14.7 Å². The number of allylic oxidation sites excluding steroid dienone is 2. The van der Waals surface area contributed by atoms with E-state index in [0.717, 1.165) is 85.8 Å². The molecule has 0 aromatic heterocycles. The van der Waals surface area contributed by atoms with Gasteiger partial charge in [-0.25, -0.2) is 0 Å². The number of hydrogen-bond donors (Lipinski definition) is 1. The number of anilines is 1. The molecule has 4 saturated carbocycles. The van der Waals surface area contributed by atoms with Crippen LogP contribution in [-0.4, -0.2) is 37.6 Å². The van der Waals surface area contributed by atoms with Gasteiger partial charge in [-0.3, -0.25) is 0 Å². The molecule has 0 bridgehead atoms. The minimum Gasteiger partial charge on any atom is -0.457 e. The van der Waals surface area contributed by atoms with Crippen LogP contribution in [-0.2, 0) is 4.84 Å². The predicted molar refractivity (Wildman–Crippen MR) is 168 cm³/mol. The number of benzene rings is 1. The van der Waals surface area contributed by atoms with Crippen LogP contribution in [0, 0.1) is 34.5 Å². The Kier molecular flexibility index (Phi) is 8.04. The van der Waals surface area contributed by atoms with Gasteiger partial charge >= 0.3 is 0 Å². The van der Waals surface area contributed by atoms with Crippen LogP contribution >= 0.6 is 0 Å². The molecule has 4 fully saturated rings. The highest BCUT2D eigenvalue weighted by atomic mass is 16.6. The van der Waals surface area contributed by atoms with Crippen molar-refractivity contribution in [1.29, 1.82) is 0 Å². The second-order valence-corrected chi connectivity index (χ2v) is 14.6. The number of oxime groups is 1. The number of nitrogens with zero attached hydrogens (tertiary/aromatic N) is 2. The largest absolute Gasteiger partial charge is 0.457 e. The van der Waals surface area contributed by atoms with Crippen molar-refractivity contribution in [3.63, 3.8) is 0 Å². The Balaban J connectivity index is 0.983. The van der Waals surface area contributed by atoms with Crippen LogP contribution in [0.25, 0.3) is 5.57 Å². The molecule has 0 amide bonds. The SMILES string of the molecule is C=C1C=C(CCCCCO/N=C2/CC[C@H]3[C@@H]4CC[C@H]5C[C@H](O)CC[C@]5(C)[C@H]4CC[C@]23C)c2ccc(N(C)C)cc2O1. The summed E-state index contributed by atoms with van der Waals surface area (Å²) in [5.41, 5.74) is 5.63. The molecule has 1 aromatic carbocycles. The van der Waals surface area contributed by atoms with E-state index in [1.165, 1.54) is 55.4 Å². The summed E-state index contributed by atoms with van der Waals surface area (Å²) in [6, 6.07) is 6.44. The van der Waals surface area contributed by atoms with Crippen molar-refractivity contribution in [2.24, 2.45) is 39.7 Å². The summed E-state index contributed by atoms with van der Waals surface area (Å²) in [6.45, 7) is 9.84. The van der Waals surface area contributed by atoms with Gasteiger partial charge in [-0.2, -0.15) is 0 Å². The zero-order chi connectivity index (χ0) is 28.8. The van der Waals surface area contributed by atoms with E-state index < -0.39 is 0 Å². The van der Waals surface area contributed by atoms with Gasteiger partial charge in [-0.05, 0) is 136 Å². The number of unbranched alkanes of at least 4 members (excludes halogenated alkanes) is 2. The van der Waals surface area contributed by atoms with Gasteiger partial charge in [0, 0.05) is 36.8 Å². The van der Waals surface area contributed by atoms with E-state index >= 15 is 0 Å². The minimum absolute atomic E-state index is 0.0619. The van der Waals surface area contributed by atoms with Crippen molar-refractivity contribution < 1.29 is 14.7 Å². The van der Waals surface area contributed by atoms with Crippen molar-refractivity contribution in [2.45, 2.75) is 103 Å². The average Bonchev–Trinajstić information content (AvgIpc) is 3.28. The molecule has 1 aromatic rings. The zero-order valence-corrected chi connectivity index (χ0v) is 26.0. The van der Waals surface area contributed by atoms with E-state index in [1.54, 1.807) is 0 Å². The highest BCUT2D eigenvalue weighted by Gasteiger charge is 2.59. The topological polar surface area (TPSA) is 54.3 Å². The molecule has 1 N–H and O–H groups in total. The standard InChI is InChI=1S/C36H52N2O3/c1-24-21-25(29-13-11-27(38(4)5)23-33(29)41-24)9-7-6-8-20-40-37-34-15-14-31-30-12-10-26-22-28(39)16-18-35(26,2)32(30)17-19-36(31,34)3/h11,13,21,23,26,28,30-32,39H,1,6-10,12,14-20,22H2,2-5H3/b37-34-/t26-,28+,30-,31-,32-,35-,36-/m0/s1. The van der Waals surface area contributed by atoms with Gasteiger partial charge in [-0.15, -0.1) is 0 Å². The van der Waals surface area contributed by atoms with Gasteiger partial charge < -0.3 is 19.6 Å². The van der Waals surface area contributed by atoms with Crippen LogP contribution in [0.2, 0.25) is 0 Å². The van der Waals surface area contributed by atoms with Gasteiger partial charge in [0.05, 0.1) is 11.8 Å². The van der Waals surface area contributed by atoms with Crippen molar-refractivity contribution in [2.75, 3.05) is 25.6 Å². The molecule has 5 heteroatoms. The van der Waals surface area contributed by atoms with Crippen LogP contribution in [0.1, 0.15) is 103 Å². The highest BCUT2D eigenvalue weighted by Crippen LogP contribution is 2.65. The van der Waals surface area contributed by atoms with Gasteiger partial charge in [0.2, 0.25) is 0 Å². The Morgan fingerprint density at radius 2 is 1.90 bits per heavy atom. The molecule has 5 nitrogen and oxygen atoms in total. The third-order valence-corrected chi connectivity index (χ3v) is 12.1. The first-order chi connectivity index (χ1) is 19.7. The fourth-order valence-electron chi connectivity index (χ4n) is 9.75. The molecule has 224 valence electrons. The maximum atomic E-state index is 10.3. The molecule has 1 heterocycles. The zero-order valence-electron chi connectivity index (χ0n) is 26.0. The number of fused-ring (bicyclic) bond motifs is 6. The fraction of sp³-hybridized carbons (Fsp3) is 0.694. The van der Waals surface area contributed by atoms with E-state index in [9.17, 15) is 5.11 Å². The Bertz CT molecular complexity index is 1200. The summed E-state index contributed by atoms with van der Waals surface area (Å²) < 4.78 is 5.93. The number of aliphatic hydroxyl groups excluding tert-OH is 1. The number of hydrogen-bond acceptors (Lipinski definition) is 5. The quantitative estimate of drug-likeness (QED) is 0.256. The molecule has 1 aliphatic heterocycles. The molecular formula is C36H52N2O3. The minimum atomic E-state index is -0.0619. The van der Waals surface area contributed by atoms with Crippen LogP contribution in [0.5, 0.6) is 5.75 Å². The van der Waals surface area contributed by atoms with Crippen molar-refractivity contribution in [3.05, 3.63) is 42.2 Å². The fourth-order valence-corrected chi connectivity index (χ4v) is 9.75. The Morgan fingerprint density at radius 1 is 1.05 bits per heavy atom. The monoisotopic (exact) mass is 560 g/mol. The maximum Gasteiger partial charge on any atom is 0.136 e. The lowest BCUT2D eigenvalue weighted by Crippen LogP contribution is -2.54. The highest BCUT2D eigenvalue weighted by molar-refractivity contribution is 5.92. The molecule has 6 rings (SSSR count). The van der Waals surface area contributed by atoms with Crippen LogP contribution in [0.15, 0.2) is 41.8 Å². The van der Waals surface area contributed by atoms with Crippen LogP contribution in [0.4, 0.5) is 5.69 Å². The molecule has 41 heavy (non-hydrogen) atoms. The summed E-state index contributed by atoms with van der Waals surface area (Å²) in [4.78, 5) is 8.09. The lowest BCUT2D eigenvalue weighted by Gasteiger charge is -2.60. The second-order valence-electron chi connectivity index (χ2n) is 14.6. The lowest BCUT2D eigenvalue weighted by molar-refractivity contribution is -0.114. The number of ether oxygens (including phenoxy) is 1. The first-order valence-electron chi connectivity index (χ1n) is 16.5. The maximum absolute atomic E-state index is 10.3. The number of rotatable bonds is 8. The molecule has 0 saturated heterocycles. The van der Waals surface area contributed by atoms with E-state index in [-0.39, 0.29) is 11.5 Å². The molecule has 0 unspecified atom stereocenters. The first kappa shape index (κ1) is 28.8. The summed E-state index contributed by atoms with van der Waals surface area (Å²) in [7, 11) is 4.10. The van der Waals surface area contributed by atoms with Crippen LogP contribution < -0.4 is 9.64 Å². The average molecular weight is 561 g/mol. The van der Waals surface area contributed by atoms with Crippen molar-refractivity contribution in [3.8, 4) is 5.75 Å². The summed E-state index contributed by atoms with van der Waals surface area (Å²) in [6.07, 6.45) is 17.2. The Morgan fingerprint density at radius 3 is 2.73 bits per heavy atom. The van der Waals surface area contributed by atoms with Gasteiger partial charge in [0.1, 0.15) is 18.1 Å². The van der Waals surface area contributed by atoms with E-state index in [1.807, 2.05) is 14.1 Å². The Labute approximate surface area is 248 Å². The molecule has 0 radical (unpaired) electrons. The molecular weight excluding hydrogens is 508 g/mol. The van der Waals surface area contributed by atoms with E-state index in [0.29, 0.717) is 12.0 Å². The molecule has 4 aliphatic carbocycles. The van der Waals surface area contributed by atoms with E-state index in [2.05, 4.69) is 49.6 Å². The third kappa shape index (κ3) is 5.37. The van der Waals surface area contributed by atoms with Gasteiger partial charge in [-0.1, -0.05) is 25.6 Å². The lowest BCUT2D eigenvalue weighted by atomic mass is 9.45. The van der Waals surface area contributed by atoms with Gasteiger partial charge in [0.25, 0.3) is 0 Å². The third-order valence-electron chi connectivity index (χ3n) is 12.1. The molecule has 0 spiro atoms. The normalized spacial score (nSPS) is 36.9. The van der Waals surface area contributed by atoms with Gasteiger partial charge in [0.15, 0.2) is 0 Å². The number of aliphatic hydroxyl groups is 1. The second kappa shape index (κ2) is 11.4. The smallest absolute Gasteiger partial charge is 0.136 e. The van der Waals surface area contributed by atoms with Crippen molar-refractivity contribution >= 4 is 17.0 Å².